The van der Waals surface area contributed by atoms with Gasteiger partial charge in [-0.2, -0.15) is 0 Å². The molecule has 0 heterocycles. The lowest BCUT2D eigenvalue weighted by molar-refractivity contribution is -0.118. The highest BCUT2D eigenvalue weighted by Crippen LogP contribution is 2.10. The maximum Gasteiger partial charge on any atom is 0.165 e. The first-order valence-corrected chi connectivity index (χ1v) is 3.72. The molecular weight excluding hydrogens is 159 g/mol. The summed E-state index contributed by atoms with van der Waals surface area (Å²) in [6.45, 7) is 3.90. The van der Waals surface area contributed by atoms with E-state index in [0.717, 1.165) is 0 Å². The summed E-state index contributed by atoms with van der Waals surface area (Å²) >= 11 is 10.6. The summed E-state index contributed by atoms with van der Waals surface area (Å²) in [7, 11) is 0. The van der Waals surface area contributed by atoms with Crippen molar-refractivity contribution in [2.24, 2.45) is 5.92 Å². The van der Waals surface area contributed by atoms with E-state index in [1.54, 1.807) is 0 Å². The van der Waals surface area contributed by atoms with Gasteiger partial charge in [0.2, 0.25) is 0 Å². The molecule has 0 aromatic carbocycles. The second-order valence-electron chi connectivity index (χ2n) is 2.36. The van der Waals surface area contributed by atoms with Gasteiger partial charge in [0.25, 0.3) is 0 Å². The number of hydrogen-bond acceptors (Lipinski definition) is 1. The van der Waals surface area contributed by atoms with E-state index in [0.29, 0.717) is 12.3 Å². The van der Waals surface area contributed by atoms with Crippen molar-refractivity contribution in [1.82, 2.24) is 0 Å². The van der Waals surface area contributed by atoms with E-state index in [9.17, 15) is 4.79 Å². The molecular formula is C6H10Cl2O. The van der Waals surface area contributed by atoms with Crippen LogP contribution in [0.3, 0.4) is 0 Å². The van der Waals surface area contributed by atoms with Crippen LogP contribution < -0.4 is 0 Å². The van der Waals surface area contributed by atoms with Crippen LogP contribution in [0.2, 0.25) is 0 Å². The lowest BCUT2D eigenvalue weighted by Crippen LogP contribution is -2.10. The maximum absolute atomic E-state index is 10.7. The van der Waals surface area contributed by atoms with Crippen LogP contribution in [0.4, 0.5) is 0 Å². The second-order valence-corrected chi connectivity index (χ2v) is 3.46. The van der Waals surface area contributed by atoms with Crippen molar-refractivity contribution < 1.29 is 4.79 Å². The Morgan fingerprint density at radius 1 is 1.44 bits per heavy atom. The van der Waals surface area contributed by atoms with Crippen molar-refractivity contribution >= 4 is 29.0 Å². The number of carbonyl (C=O) groups excluding carboxylic acids is 1. The summed E-state index contributed by atoms with van der Waals surface area (Å²) in [4.78, 5) is 9.85. The van der Waals surface area contributed by atoms with Crippen molar-refractivity contribution in [2.75, 3.05) is 0 Å². The highest BCUT2D eigenvalue weighted by molar-refractivity contribution is 6.53. The zero-order chi connectivity index (χ0) is 7.44. The molecule has 54 valence electrons. The molecule has 0 fully saturated rings. The predicted octanol–water partition coefficient (Wildman–Crippen LogP) is 2.41. The molecule has 9 heavy (non-hydrogen) atoms. The third-order valence-corrected chi connectivity index (χ3v) is 1.34. The molecule has 0 amide bonds. The monoisotopic (exact) mass is 168 g/mol. The topological polar surface area (TPSA) is 17.1 Å². The third kappa shape index (κ3) is 4.73. The van der Waals surface area contributed by atoms with Crippen molar-refractivity contribution in [3.8, 4) is 0 Å². The first kappa shape index (κ1) is 9.25. The fraction of sp³-hybridized carbons (Fsp3) is 0.833. The Hall–Kier alpha value is 0.250. The second kappa shape index (κ2) is 4.13. The third-order valence-electron chi connectivity index (χ3n) is 0.853. The summed E-state index contributed by atoms with van der Waals surface area (Å²) in [5, 5.41) is 0. The summed E-state index contributed by atoms with van der Waals surface area (Å²) < 4.78 is 0. The minimum atomic E-state index is -0.840. The molecule has 0 unspecified atom stereocenters. The standard InChI is InChI=1S/C6H10Cl2O/c1-4(2)3-5(9)6(7)8/h4,6H,3H2,1-2H3. The van der Waals surface area contributed by atoms with Gasteiger partial charge in [-0.25, -0.2) is 0 Å². The molecule has 0 aliphatic rings. The van der Waals surface area contributed by atoms with Crippen LogP contribution in [-0.2, 0) is 4.79 Å². The van der Waals surface area contributed by atoms with Crippen molar-refractivity contribution in [1.29, 1.82) is 0 Å². The van der Waals surface area contributed by atoms with Crippen LogP contribution in [0, 0.1) is 5.92 Å². The minimum Gasteiger partial charge on any atom is -0.297 e. The molecule has 1 nitrogen and oxygen atoms in total. The van der Waals surface area contributed by atoms with Crippen LogP contribution >= 0.6 is 23.2 Å². The molecule has 3 heteroatoms. The molecule has 0 aromatic rings. The molecule has 0 aromatic heterocycles. The Balaban J connectivity index is 3.51. The molecule has 0 spiro atoms. The number of alkyl halides is 2. The van der Waals surface area contributed by atoms with Gasteiger partial charge in [0, 0.05) is 6.42 Å². The summed E-state index contributed by atoms with van der Waals surface area (Å²) in [5.74, 6) is 0.255. The minimum absolute atomic E-state index is 0.0895. The molecule has 0 atom stereocenters. The van der Waals surface area contributed by atoms with E-state index in [1.165, 1.54) is 0 Å². The van der Waals surface area contributed by atoms with Gasteiger partial charge in [0.15, 0.2) is 10.6 Å². The summed E-state index contributed by atoms with van der Waals surface area (Å²) in [5.41, 5.74) is 0. The van der Waals surface area contributed by atoms with Crippen LogP contribution in [0.25, 0.3) is 0 Å². The van der Waals surface area contributed by atoms with Crippen molar-refractivity contribution in [2.45, 2.75) is 25.1 Å². The first-order chi connectivity index (χ1) is 4.04. The number of halogens is 2. The number of carbonyl (C=O) groups is 1. The van der Waals surface area contributed by atoms with Crippen LogP contribution in [0.1, 0.15) is 20.3 Å². The SMILES string of the molecule is CC(C)CC(=O)C(Cl)Cl. The number of Topliss-reactive ketones (excluding diaryl/α,β-unsaturated/α-hetero) is 1. The molecule has 0 saturated carbocycles. The molecule has 0 aliphatic carbocycles. The zero-order valence-corrected chi connectivity index (χ0v) is 7.04. The highest BCUT2D eigenvalue weighted by Gasteiger charge is 2.12. The Morgan fingerprint density at radius 2 is 1.89 bits per heavy atom. The average molecular weight is 169 g/mol. The van der Waals surface area contributed by atoms with Crippen molar-refractivity contribution in [3.63, 3.8) is 0 Å². The van der Waals surface area contributed by atoms with Gasteiger partial charge in [-0.05, 0) is 5.92 Å². The molecule has 0 aliphatic heterocycles. The van der Waals surface area contributed by atoms with Crippen molar-refractivity contribution in [3.05, 3.63) is 0 Å². The number of hydrogen-bond donors (Lipinski definition) is 0. The highest BCUT2D eigenvalue weighted by atomic mass is 35.5. The normalized spacial score (nSPS) is 10.9. The fourth-order valence-electron chi connectivity index (χ4n) is 0.491. The lowest BCUT2D eigenvalue weighted by atomic mass is 10.1. The van der Waals surface area contributed by atoms with Crippen LogP contribution in [0.5, 0.6) is 0 Å². The van der Waals surface area contributed by atoms with Crippen LogP contribution in [0.15, 0.2) is 0 Å². The quantitative estimate of drug-likeness (QED) is 0.593. The van der Waals surface area contributed by atoms with Gasteiger partial charge in [0.05, 0.1) is 0 Å². The molecule has 0 N–H and O–H groups in total. The largest absolute Gasteiger partial charge is 0.297 e. The van der Waals surface area contributed by atoms with Gasteiger partial charge in [-0.1, -0.05) is 37.0 Å². The van der Waals surface area contributed by atoms with Crippen LogP contribution in [-0.4, -0.2) is 10.6 Å². The Bertz CT molecular complexity index is 99.2. The molecule has 0 radical (unpaired) electrons. The zero-order valence-electron chi connectivity index (χ0n) is 5.53. The summed E-state index contributed by atoms with van der Waals surface area (Å²) in [6, 6.07) is 0. The fourth-order valence-corrected chi connectivity index (χ4v) is 0.670. The van der Waals surface area contributed by atoms with E-state index in [2.05, 4.69) is 0 Å². The lowest BCUT2D eigenvalue weighted by Gasteiger charge is -2.02. The van der Waals surface area contributed by atoms with Gasteiger partial charge in [0.1, 0.15) is 0 Å². The average Bonchev–Trinajstić information content (AvgIpc) is 1.63. The Kier molecular flexibility index (Phi) is 4.24. The number of rotatable bonds is 3. The first-order valence-electron chi connectivity index (χ1n) is 2.85. The van der Waals surface area contributed by atoms with E-state index < -0.39 is 4.84 Å². The van der Waals surface area contributed by atoms with E-state index in [-0.39, 0.29) is 5.78 Å². The van der Waals surface area contributed by atoms with Gasteiger partial charge in [-0.15, -0.1) is 0 Å². The van der Waals surface area contributed by atoms with Gasteiger partial charge < -0.3 is 0 Å². The Morgan fingerprint density at radius 3 is 2.00 bits per heavy atom. The summed E-state index contributed by atoms with van der Waals surface area (Å²) in [6.07, 6.45) is 0.470. The molecule has 0 saturated heterocycles. The Labute approximate surface area is 65.3 Å². The maximum atomic E-state index is 10.7. The number of ketones is 1. The van der Waals surface area contributed by atoms with Gasteiger partial charge >= 0.3 is 0 Å². The smallest absolute Gasteiger partial charge is 0.165 e. The molecule has 0 bridgehead atoms. The molecule has 0 rings (SSSR count). The van der Waals surface area contributed by atoms with E-state index in [4.69, 9.17) is 23.2 Å². The van der Waals surface area contributed by atoms with Gasteiger partial charge in [-0.3, -0.25) is 4.79 Å². The van der Waals surface area contributed by atoms with E-state index >= 15 is 0 Å². The predicted molar refractivity (Wildman–Crippen MR) is 40.0 cm³/mol. The van der Waals surface area contributed by atoms with E-state index in [1.807, 2.05) is 13.8 Å².